The maximum Gasteiger partial charge on any atom is 0.231 e. The molecule has 0 saturated carbocycles. The maximum absolute atomic E-state index is 11.3. The molecule has 0 unspecified atom stereocenters. The van der Waals surface area contributed by atoms with Gasteiger partial charge in [-0.3, -0.25) is 4.31 Å². The van der Waals surface area contributed by atoms with Gasteiger partial charge >= 0.3 is 0 Å². The maximum atomic E-state index is 11.3. The highest BCUT2D eigenvalue weighted by atomic mass is 32.2. The molecule has 1 rings (SSSR count). The van der Waals surface area contributed by atoms with Crippen LogP contribution in [-0.4, -0.2) is 21.7 Å². The quantitative estimate of drug-likeness (QED) is 0.868. The third-order valence-electron chi connectivity index (χ3n) is 2.47. The van der Waals surface area contributed by atoms with E-state index in [1.54, 1.807) is 12.1 Å². The molecular formula is C11H18N2O2S. The number of nitrogens with two attached hydrogens (primary N) is 1. The van der Waals surface area contributed by atoms with Gasteiger partial charge < -0.3 is 5.73 Å². The summed E-state index contributed by atoms with van der Waals surface area (Å²) < 4.78 is 23.9. The molecule has 0 bridgehead atoms. The molecule has 0 spiro atoms. The third-order valence-corrected chi connectivity index (χ3v) is 3.68. The molecule has 5 heteroatoms. The van der Waals surface area contributed by atoms with Crippen molar-refractivity contribution in [2.45, 2.75) is 19.4 Å². The Morgan fingerprint density at radius 2 is 1.62 bits per heavy atom. The molecule has 1 aromatic rings. The summed E-state index contributed by atoms with van der Waals surface area (Å²) in [5.41, 5.74) is 7.13. The molecular weight excluding hydrogens is 224 g/mol. The van der Waals surface area contributed by atoms with Crippen LogP contribution in [0.2, 0.25) is 0 Å². The SMILES string of the molecule is CN(c1ccc(C(C)(C)N)cc1)S(C)(=O)=O. The van der Waals surface area contributed by atoms with E-state index in [9.17, 15) is 8.42 Å². The Hall–Kier alpha value is -1.07. The highest BCUT2D eigenvalue weighted by Crippen LogP contribution is 2.21. The molecule has 0 aliphatic heterocycles. The van der Waals surface area contributed by atoms with Crippen LogP contribution in [0.1, 0.15) is 19.4 Å². The van der Waals surface area contributed by atoms with Crippen LogP contribution in [0, 0.1) is 0 Å². The average molecular weight is 242 g/mol. The lowest BCUT2D eigenvalue weighted by Gasteiger charge is -2.21. The second kappa shape index (κ2) is 4.07. The van der Waals surface area contributed by atoms with Crippen molar-refractivity contribution in [1.82, 2.24) is 0 Å². The van der Waals surface area contributed by atoms with Crippen LogP contribution in [0.4, 0.5) is 5.69 Å². The van der Waals surface area contributed by atoms with Crippen LogP contribution < -0.4 is 10.0 Å². The van der Waals surface area contributed by atoms with Crippen molar-refractivity contribution in [3.8, 4) is 0 Å². The monoisotopic (exact) mass is 242 g/mol. The number of hydrogen-bond acceptors (Lipinski definition) is 3. The van der Waals surface area contributed by atoms with E-state index in [1.807, 2.05) is 26.0 Å². The fourth-order valence-corrected chi connectivity index (χ4v) is 1.80. The summed E-state index contributed by atoms with van der Waals surface area (Å²) in [6.07, 6.45) is 1.17. The van der Waals surface area contributed by atoms with E-state index in [4.69, 9.17) is 5.73 Å². The lowest BCUT2D eigenvalue weighted by Crippen LogP contribution is -2.29. The Morgan fingerprint density at radius 1 is 1.19 bits per heavy atom. The third kappa shape index (κ3) is 2.96. The molecule has 1 aromatic carbocycles. The first-order valence-electron chi connectivity index (χ1n) is 4.96. The van der Waals surface area contributed by atoms with Gasteiger partial charge in [0, 0.05) is 12.6 Å². The number of hydrogen-bond donors (Lipinski definition) is 1. The molecule has 0 atom stereocenters. The fourth-order valence-electron chi connectivity index (χ4n) is 1.29. The minimum atomic E-state index is -3.20. The van der Waals surface area contributed by atoms with Crippen molar-refractivity contribution in [2.24, 2.45) is 5.73 Å². The molecule has 16 heavy (non-hydrogen) atoms. The predicted octanol–water partition coefficient (Wildman–Crippen LogP) is 1.28. The lowest BCUT2D eigenvalue weighted by atomic mass is 9.96. The number of anilines is 1. The number of sulfonamides is 1. The van der Waals surface area contributed by atoms with Crippen LogP contribution in [0.15, 0.2) is 24.3 Å². The van der Waals surface area contributed by atoms with Crippen LogP contribution in [-0.2, 0) is 15.6 Å². The van der Waals surface area contributed by atoms with Gasteiger partial charge in [-0.2, -0.15) is 0 Å². The Bertz CT molecular complexity index is 458. The predicted molar refractivity (Wildman–Crippen MR) is 66.9 cm³/mol. The molecule has 90 valence electrons. The van der Waals surface area contributed by atoms with E-state index in [0.29, 0.717) is 5.69 Å². The van der Waals surface area contributed by atoms with E-state index >= 15 is 0 Å². The van der Waals surface area contributed by atoms with Gasteiger partial charge in [-0.15, -0.1) is 0 Å². The lowest BCUT2D eigenvalue weighted by molar-refractivity contribution is 0.554. The van der Waals surface area contributed by atoms with Gasteiger partial charge in [0.15, 0.2) is 0 Å². The molecule has 0 aromatic heterocycles. The highest BCUT2D eigenvalue weighted by Gasteiger charge is 2.16. The highest BCUT2D eigenvalue weighted by molar-refractivity contribution is 7.92. The zero-order valence-electron chi connectivity index (χ0n) is 10.1. The topological polar surface area (TPSA) is 63.4 Å². The largest absolute Gasteiger partial charge is 0.322 e. The second-order valence-electron chi connectivity index (χ2n) is 4.50. The van der Waals surface area contributed by atoms with Crippen LogP contribution in [0.5, 0.6) is 0 Å². The van der Waals surface area contributed by atoms with Gasteiger partial charge in [-0.05, 0) is 31.5 Å². The Morgan fingerprint density at radius 3 is 1.94 bits per heavy atom. The van der Waals surface area contributed by atoms with E-state index in [1.165, 1.54) is 17.6 Å². The van der Waals surface area contributed by atoms with E-state index < -0.39 is 15.6 Å². The minimum Gasteiger partial charge on any atom is -0.322 e. The van der Waals surface area contributed by atoms with Gasteiger partial charge in [0.05, 0.1) is 11.9 Å². The molecule has 0 radical (unpaired) electrons. The number of rotatable bonds is 3. The van der Waals surface area contributed by atoms with Crippen molar-refractivity contribution in [3.63, 3.8) is 0 Å². The zero-order chi connectivity index (χ0) is 12.6. The van der Waals surface area contributed by atoms with Gasteiger partial charge in [-0.25, -0.2) is 8.42 Å². The molecule has 0 aliphatic carbocycles. The first kappa shape index (κ1) is 13.0. The molecule has 4 nitrogen and oxygen atoms in total. The first-order chi connectivity index (χ1) is 7.12. The van der Waals surface area contributed by atoms with Crippen molar-refractivity contribution >= 4 is 15.7 Å². The van der Waals surface area contributed by atoms with E-state index in [2.05, 4.69) is 0 Å². The fraction of sp³-hybridized carbons (Fsp3) is 0.455. The smallest absolute Gasteiger partial charge is 0.231 e. The first-order valence-corrected chi connectivity index (χ1v) is 6.80. The zero-order valence-corrected chi connectivity index (χ0v) is 10.9. The van der Waals surface area contributed by atoms with Crippen LogP contribution in [0.3, 0.4) is 0 Å². The number of nitrogens with zero attached hydrogens (tertiary/aromatic N) is 1. The van der Waals surface area contributed by atoms with Crippen molar-refractivity contribution in [2.75, 3.05) is 17.6 Å². The standard InChI is InChI=1S/C11H18N2O2S/c1-11(2,12)9-5-7-10(8-6-9)13(3)16(4,14)15/h5-8H,12H2,1-4H3. The molecule has 0 amide bonds. The van der Waals surface area contributed by atoms with Gasteiger partial charge in [0.25, 0.3) is 0 Å². The second-order valence-corrected chi connectivity index (χ2v) is 6.51. The van der Waals surface area contributed by atoms with E-state index in [0.717, 1.165) is 5.56 Å². The van der Waals surface area contributed by atoms with Crippen LogP contribution >= 0.6 is 0 Å². The van der Waals surface area contributed by atoms with Gasteiger partial charge in [-0.1, -0.05) is 12.1 Å². The van der Waals surface area contributed by atoms with Crippen LogP contribution in [0.25, 0.3) is 0 Å². The summed E-state index contributed by atoms with van der Waals surface area (Å²) in [6.45, 7) is 3.81. The summed E-state index contributed by atoms with van der Waals surface area (Å²) >= 11 is 0. The Kier molecular flexibility index (Phi) is 3.30. The molecule has 0 saturated heterocycles. The van der Waals surface area contributed by atoms with E-state index in [-0.39, 0.29) is 0 Å². The molecule has 0 aliphatic rings. The molecule has 2 N–H and O–H groups in total. The van der Waals surface area contributed by atoms with Crippen molar-refractivity contribution < 1.29 is 8.42 Å². The number of benzene rings is 1. The summed E-state index contributed by atoms with van der Waals surface area (Å²) in [5, 5.41) is 0. The Labute approximate surface area is 97.1 Å². The van der Waals surface area contributed by atoms with Crippen molar-refractivity contribution in [1.29, 1.82) is 0 Å². The Balaban J connectivity index is 3.05. The minimum absolute atomic E-state index is 0.414. The summed E-state index contributed by atoms with van der Waals surface area (Å²) in [7, 11) is -1.68. The van der Waals surface area contributed by atoms with Gasteiger partial charge in [0.2, 0.25) is 10.0 Å². The summed E-state index contributed by atoms with van der Waals surface area (Å²) in [5.74, 6) is 0. The summed E-state index contributed by atoms with van der Waals surface area (Å²) in [4.78, 5) is 0. The van der Waals surface area contributed by atoms with Crippen molar-refractivity contribution in [3.05, 3.63) is 29.8 Å². The summed E-state index contributed by atoms with van der Waals surface area (Å²) in [6, 6.07) is 7.20. The normalized spacial score (nSPS) is 12.6. The average Bonchev–Trinajstić information content (AvgIpc) is 2.14. The molecule has 0 fully saturated rings. The van der Waals surface area contributed by atoms with Gasteiger partial charge in [0.1, 0.15) is 0 Å². The molecule has 0 heterocycles.